The fourth-order valence-corrected chi connectivity index (χ4v) is 2.03. The van der Waals surface area contributed by atoms with E-state index >= 15 is 0 Å². The van der Waals surface area contributed by atoms with Crippen LogP contribution in [-0.2, 0) is 4.79 Å². The van der Waals surface area contributed by atoms with Gasteiger partial charge in [0.15, 0.2) is 0 Å². The van der Waals surface area contributed by atoms with Crippen LogP contribution in [-0.4, -0.2) is 37.5 Å². The Bertz CT molecular complexity index is 236. The average molecular weight is 208 g/mol. The summed E-state index contributed by atoms with van der Waals surface area (Å²) in [6, 6.07) is 0. The number of nitrogens with zero attached hydrogens (tertiary/aromatic N) is 1. The van der Waals surface area contributed by atoms with Crippen molar-refractivity contribution >= 4 is 5.91 Å². The molecule has 1 heterocycles. The van der Waals surface area contributed by atoms with E-state index in [0.29, 0.717) is 0 Å². The molecule has 0 aliphatic carbocycles. The number of rotatable bonds is 4. The predicted molar refractivity (Wildman–Crippen MR) is 61.3 cm³/mol. The molecule has 1 rings (SSSR count). The first-order chi connectivity index (χ1) is 7.27. The van der Waals surface area contributed by atoms with Crippen LogP contribution in [0.1, 0.15) is 25.7 Å². The van der Waals surface area contributed by atoms with Gasteiger partial charge in [-0.25, -0.2) is 0 Å². The second-order valence-corrected chi connectivity index (χ2v) is 4.04. The molecule has 0 aromatic rings. The van der Waals surface area contributed by atoms with E-state index in [9.17, 15) is 4.79 Å². The highest BCUT2D eigenvalue weighted by Crippen LogP contribution is 2.17. The van der Waals surface area contributed by atoms with E-state index in [1.165, 1.54) is 0 Å². The number of likely N-dealkylation sites (tertiary alicyclic amines) is 1. The van der Waals surface area contributed by atoms with Crippen molar-refractivity contribution in [3.8, 4) is 12.3 Å². The molecule has 1 fully saturated rings. The minimum atomic E-state index is 0.193. The number of terminal acetylenes is 1. The van der Waals surface area contributed by atoms with Crippen LogP contribution in [0.4, 0.5) is 0 Å². The standard InChI is InChI=1S/C12H20N2O/c1-3-4-5-8-14-9-6-11(7-10-14)12(15)13-2/h1,11H,4-10H2,2H3,(H,13,15). The lowest BCUT2D eigenvalue weighted by Crippen LogP contribution is -2.39. The quantitative estimate of drug-likeness (QED) is 0.549. The number of unbranched alkanes of at least 4 members (excludes halogenated alkanes) is 1. The van der Waals surface area contributed by atoms with Gasteiger partial charge in [-0.15, -0.1) is 12.3 Å². The summed E-state index contributed by atoms with van der Waals surface area (Å²) in [5.41, 5.74) is 0. The Kier molecular flexibility index (Phi) is 5.20. The third-order valence-electron chi connectivity index (χ3n) is 3.00. The molecule has 0 aromatic heterocycles. The molecule has 1 aliphatic rings. The molecule has 15 heavy (non-hydrogen) atoms. The van der Waals surface area contributed by atoms with Crippen LogP contribution in [0, 0.1) is 18.3 Å². The van der Waals surface area contributed by atoms with Gasteiger partial charge >= 0.3 is 0 Å². The first kappa shape index (κ1) is 12.1. The van der Waals surface area contributed by atoms with E-state index < -0.39 is 0 Å². The summed E-state index contributed by atoms with van der Waals surface area (Å²) in [6.07, 6.45) is 9.09. The van der Waals surface area contributed by atoms with Crippen LogP contribution in [0.2, 0.25) is 0 Å². The molecule has 0 aromatic carbocycles. The average Bonchev–Trinajstić information content (AvgIpc) is 2.29. The lowest BCUT2D eigenvalue weighted by Gasteiger charge is -2.30. The molecule has 0 bridgehead atoms. The molecule has 84 valence electrons. The molecule has 0 saturated carbocycles. The van der Waals surface area contributed by atoms with Crippen molar-refractivity contribution in [1.82, 2.24) is 10.2 Å². The highest BCUT2D eigenvalue weighted by molar-refractivity contribution is 5.78. The zero-order valence-electron chi connectivity index (χ0n) is 9.46. The topological polar surface area (TPSA) is 32.3 Å². The molecule has 1 aliphatic heterocycles. The van der Waals surface area contributed by atoms with Gasteiger partial charge in [0.25, 0.3) is 0 Å². The summed E-state index contributed by atoms with van der Waals surface area (Å²) < 4.78 is 0. The number of piperidine rings is 1. The summed E-state index contributed by atoms with van der Waals surface area (Å²) in [5.74, 6) is 3.07. The Morgan fingerprint density at radius 2 is 2.20 bits per heavy atom. The number of carbonyl (C=O) groups is 1. The Morgan fingerprint density at radius 1 is 1.53 bits per heavy atom. The molecule has 0 atom stereocenters. The van der Waals surface area contributed by atoms with E-state index in [1.807, 2.05) is 0 Å². The van der Waals surface area contributed by atoms with Gasteiger partial charge < -0.3 is 10.2 Å². The molecule has 3 nitrogen and oxygen atoms in total. The van der Waals surface area contributed by atoms with Crippen molar-refractivity contribution in [3.63, 3.8) is 0 Å². The van der Waals surface area contributed by atoms with Crippen molar-refractivity contribution in [1.29, 1.82) is 0 Å². The van der Waals surface area contributed by atoms with Gasteiger partial charge in [-0.2, -0.15) is 0 Å². The van der Waals surface area contributed by atoms with Gasteiger partial charge in [0.1, 0.15) is 0 Å². The molecule has 0 spiro atoms. The van der Waals surface area contributed by atoms with Gasteiger partial charge in [0.05, 0.1) is 0 Å². The van der Waals surface area contributed by atoms with E-state index in [4.69, 9.17) is 6.42 Å². The predicted octanol–water partition coefficient (Wildman–Crippen LogP) is 0.858. The summed E-state index contributed by atoms with van der Waals surface area (Å²) in [7, 11) is 1.71. The smallest absolute Gasteiger partial charge is 0.222 e. The third kappa shape index (κ3) is 3.93. The monoisotopic (exact) mass is 208 g/mol. The van der Waals surface area contributed by atoms with Crippen molar-refractivity contribution in [3.05, 3.63) is 0 Å². The van der Waals surface area contributed by atoms with Crippen LogP contribution in [0.25, 0.3) is 0 Å². The molecule has 1 amide bonds. The van der Waals surface area contributed by atoms with Crippen molar-refractivity contribution < 1.29 is 4.79 Å². The molecular weight excluding hydrogens is 188 g/mol. The Balaban J connectivity index is 2.18. The van der Waals surface area contributed by atoms with Crippen LogP contribution in [0.5, 0.6) is 0 Å². The summed E-state index contributed by atoms with van der Waals surface area (Å²) >= 11 is 0. The minimum Gasteiger partial charge on any atom is -0.359 e. The lowest BCUT2D eigenvalue weighted by molar-refractivity contribution is -0.125. The van der Waals surface area contributed by atoms with Crippen molar-refractivity contribution in [2.45, 2.75) is 25.7 Å². The SMILES string of the molecule is C#CCCCN1CCC(C(=O)NC)CC1. The molecule has 1 saturated heterocycles. The van der Waals surface area contributed by atoms with Crippen molar-refractivity contribution in [2.75, 3.05) is 26.7 Å². The maximum atomic E-state index is 11.4. The Morgan fingerprint density at radius 3 is 2.73 bits per heavy atom. The van der Waals surface area contributed by atoms with Gasteiger partial charge in [0.2, 0.25) is 5.91 Å². The molecule has 0 radical (unpaired) electrons. The van der Waals surface area contributed by atoms with Crippen LogP contribution < -0.4 is 5.32 Å². The Hall–Kier alpha value is -1.01. The second kappa shape index (κ2) is 6.47. The van der Waals surface area contributed by atoms with Crippen LogP contribution >= 0.6 is 0 Å². The number of carbonyl (C=O) groups excluding carboxylic acids is 1. The maximum Gasteiger partial charge on any atom is 0.222 e. The summed E-state index contributed by atoms with van der Waals surface area (Å²) in [6.45, 7) is 3.13. The lowest BCUT2D eigenvalue weighted by atomic mass is 9.96. The normalized spacial score (nSPS) is 18.4. The van der Waals surface area contributed by atoms with E-state index in [2.05, 4.69) is 16.1 Å². The first-order valence-corrected chi connectivity index (χ1v) is 5.65. The van der Waals surface area contributed by atoms with Crippen LogP contribution in [0.3, 0.4) is 0 Å². The summed E-state index contributed by atoms with van der Waals surface area (Å²) in [4.78, 5) is 13.8. The molecular formula is C12H20N2O. The molecule has 1 N–H and O–H groups in total. The van der Waals surface area contributed by atoms with E-state index in [0.717, 1.165) is 45.3 Å². The number of amides is 1. The van der Waals surface area contributed by atoms with E-state index in [-0.39, 0.29) is 11.8 Å². The number of hydrogen-bond acceptors (Lipinski definition) is 2. The van der Waals surface area contributed by atoms with Gasteiger partial charge in [0, 0.05) is 19.4 Å². The Labute approximate surface area is 92.2 Å². The first-order valence-electron chi connectivity index (χ1n) is 5.65. The largest absolute Gasteiger partial charge is 0.359 e. The fourth-order valence-electron chi connectivity index (χ4n) is 2.03. The molecule has 3 heteroatoms. The molecule has 0 unspecified atom stereocenters. The van der Waals surface area contributed by atoms with E-state index in [1.54, 1.807) is 7.05 Å². The maximum absolute atomic E-state index is 11.4. The highest BCUT2D eigenvalue weighted by Gasteiger charge is 2.23. The zero-order valence-corrected chi connectivity index (χ0v) is 9.46. The van der Waals surface area contributed by atoms with Crippen LogP contribution in [0.15, 0.2) is 0 Å². The van der Waals surface area contributed by atoms with Crippen molar-refractivity contribution in [2.24, 2.45) is 5.92 Å². The zero-order chi connectivity index (χ0) is 11.1. The van der Waals surface area contributed by atoms with Gasteiger partial charge in [-0.05, 0) is 38.9 Å². The van der Waals surface area contributed by atoms with Gasteiger partial charge in [-0.3, -0.25) is 4.79 Å². The highest BCUT2D eigenvalue weighted by atomic mass is 16.1. The number of hydrogen-bond donors (Lipinski definition) is 1. The summed E-state index contributed by atoms with van der Waals surface area (Å²) in [5, 5.41) is 2.72. The third-order valence-corrected chi connectivity index (χ3v) is 3.00. The minimum absolute atomic E-state index is 0.193. The van der Waals surface area contributed by atoms with Gasteiger partial charge in [-0.1, -0.05) is 0 Å². The second-order valence-electron chi connectivity index (χ2n) is 4.04. The fraction of sp³-hybridized carbons (Fsp3) is 0.750. The number of nitrogens with one attached hydrogen (secondary N) is 1.